The van der Waals surface area contributed by atoms with Crippen LogP contribution in [0.4, 0.5) is 8.78 Å². The molecule has 0 aromatic heterocycles. The summed E-state index contributed by atoms with van der Waals surface area (Å²) in [5.41, 5.74) is 2.38. The van der Waals surface area contributed by atoms with E-state index in [0.717, 1.165) is 11.5 Å². The van der Waals surface area contributed by atoms with Crippen LogP contribution in [0.2, 0.25) is 0 Å². The first-order chi connectivity index (χ1) is 13.5. The van der Waals surface area contributed by atoms with Crippen molar-refractivity contribution < 1.29 is 23.1 Å². The molecule has 0 aliphatic carbocycles. The van der Waals surface area contributed by atoms with Crippen molar-refractivity contribution in [2.45, 2.75) is 19.3 Å². The molecule has 0 saturated carbocycles. The lowest BCUT2D eigenvalue weighted by Gasteiger charge is -2.11. The van der Waals surface area contributed by atoms with Crippen LogP contribution in [0.1, 0.15) is 21.5 Å². The van der Waals surface area contributed by atoms with E-state index in [0.29, 0.717) is 6.54 Å². The highest BCUT2D eigenvalue weighted by Crippen LogP contribution is 2.20. The second-order valence-corrected chi connectivity index (χ2v) is 7.05. The largest absolute Gasteiger partial charge is 0.434 e. The molecule has 0 unspecified atom stereocenters. The number of aryl methyl sites for hydroxylation is 1. The first-order valence-corrected chi connectivity index (χ1v) is 9.83. The Hall–Kier alpha value is -2.61. The van der Waals surface area contributed by atoms with Gasteiger partial charge in [0.05, 0.1) is 12.1 Å². The van der Waals surface area contributed by atoms with E-state index in [9.17, 15) is 18.4 Å². The quantitative estimate of drug-likeness (QED) is 0.592. The van der Waals surface area contributed by atoms with E-state index >= 15 is 0 Å². The fraction of sp³-hybridized carbons (Fsp3) is 0.300. The number of amides is 2. The molecule has 0 atom stereocenters. The molecule has 2 N–H and O–H groups in total. The molecule has 0 fully saturated rings. The molecule has 8 heteroatoms. The lowest BCUT2D eigenvalue weighted by Crippen LogP contribution is -2.37. The number of rotatable bonds is 10. The summed E-state index contributed by atoms with van der Waals surface area (Å²) in [4.78, 5) is 23.9. The molecule has 0 radical (unpaired) electrons. The maximum Gasteiger partial charge on any atom is 0.387 e. The Morgan fingerprint density at radius 3 is 2.50 bits per heavy atom. The minimum Gasteiger partial charge on any atom is -0.434 e. The molecular formula is C20H22F2N2O3S. The number of halogens is 2. The number of hydrogen-bond donors (Lipinski definition) is 2. The van der Waals surface area contributed by atoms with E-state index < -0.39 is 12.5 Å². The van der Waals surface area contributed by atoms with E-state index in [2.05, 4.69) is 39.6 Å². The van der Waals surface area contributed by atoms with Crippen LogP contribution >= 0.6 is 11.8 Å². The molecule has 2 rings (SSSR count). The van der Waals surface area contributed by atoms with Gasteiger partial charge < -0.3 is 15.4 Å². The van der Waals surface area contributed by atoms with Crippen molar-refractivity contribution in [3.8, 4) is 5.75 Å². The van der Waals surface area contributed by atoms with Gasteiger partial charge >= 0.3 is 6.61 Å². The van der Waals surface area contributed by atoms with Crippen molar-refractivity contribution in [1.29, 1.82) is 0 Å². The summed E-state index contributed by atoms with van der Waals surface area (Å²) in [5, 5.41) is 5.11. The summed E-state index contributed by atoms with van der Waals surface area (Å²) in [6.07, 6.45) is 0. The summed E-state index contributed by atoms with van der Waals surface area (Å²) in [6.45, 7) is -0.772. The molecule has 28 heavy (non-hydrogen) atoms. The van der Waals surface area contributed by atoms with Crippen molar-refractivity contribution in [1.82, 2.24) is 10.6 Å². The van der Waals surface area contributed by atoms with Crippen LogP contribution in [0.15, 0.2) is 48.5 Å². The molecule has 0 saturated heterocycles. The smallest absolute Gasteiger partial charge is 0.387 e. The van der Waals surface area contributed by atoms with Crippen LogP contribution in [-0.2, 0) is 10.5 Å². The molecular weight excluding hydrogens is 386 g/mol. The van der Waals surface area contributed by atoms with Crippen molar-refractivity contribution in [2.75, 3.05) is 18.8 Å². The number of hydrogen-bond acceptors (Lipinski definition) is 4. The van der Waals surface area contributed by atoms with E-state index in [1.165, 1.54) is 35.4 Å². The van der Waals surface area contributed by atoms with E-state index in [1.807, 2.05) is 6.92 Å². The first kappa shape index (κ1) is 21.7. The third kappa shape index (κ3) is 7.56. The summed E-state index contributed by atoms with van der Waals surface area (Å²) in [7, 11) is 0. The van der Waals surface area contributed by atoms with Gasteiger partial charge in [0, 0.05) is 18.1 Å². The van der Waals surface area contributed by atoms with Gasteiger partial charge in [0.1, 0.15) is 5.75 Å². The zero-order valence-corrected chi connectivity index (χ0v) is 16.2. The van der Waals surface area contributed by atoms with E-state index in [4.69, 9.17) is 0 Å². The minimum absolute atomic E-state index is 0.0516. The Morgan fingerprint density at radius 2 is 1.79 bits per heavy atom. The van der Waals surface area contributed by atoms with Gasteiger partial charge in [0.2, 0.25) is 5.91 Å². The average molecular weight is 408 g/mol. The van der Waals surface area contributed by atoms with Gasteiger partial charge in [-0.25, -0.2) is 0 Å². The Balaban J connectivity index is 1.67. The molecule has 0 aliphatic rings. The van der Waals surface area contributed by atoms with Crippen LogP contribution < -0.4 is 15.4 Å². The molecule has 0 bridgehead atoms. The lowest BCUT2D eigenvalue weighted by molar-refractivity contribution is -0.120. The highest BCUT2D eigenvalue weighted by atomic mass is 32.2. The normalized spacial score (nSPS) is 10.6. The molecule has 5 nitrogen and oxygen atoms in total. The first-order valence-electron chi connectivity index (χ1n) is 8.67. The van der Waals surface area contributed by atoms with Gasteiger partial charge in [0.25, 0.3) is 5.91 Å². The number of carbonyl (C=O) groups is 2. The van der Waals surface area contributed by atoms with Crippen LogP contribution in [0.3, 0.4) is 0 Å². The maximum absolute atomic E-state index is 12.4. The fourth-order valence-electron chi connectivity index (χ4n) is 2.31. The SMILES string of the molecule is Cc1ccc(CSCCNC(=O)CNC(=O)c2ccccc2OC(F)F)cc1. The molecule has 2 aromatic rings. The van der Waals surface area contributed by atoms with Gasteiger partial charge in [-0.15, -0.1) is 0 Å². The van der Waals surface area contributed by atoms with Gasteiger partial charge in [-0.05, 0) is 24.6 Å². The van der Waals surface area contributed by atoms with Gasteiger partial charge in [-0.1, -0.05) is 42.0 Å². The molecule has 2 aromatic carbocycles. The van der Waals surface area contributed by atoms with Gasteiger partial charge in [0.15, 0.2) is 0 Å². The third-order valence-electron chi connectivity index (χ3n) is 3.72. The average Bonchev–Trinajstić information content (AvgIpc) is 2.67. The predicted octanol–water partition coefficient (Wildman–Crippen LogP) is 3.38. The molecule has 0 heterocycles. The number of benzene rings is 2. The monoisotopic (exact) mass is 408 g/mol. The van der Waals surface area contributed by atoms with E-state index in [-0.39, 0.29) is 23.8 Å². The van der Waals surface area contributed by atoms with Crippen molar-refractivity contribution in [3.05, 3.63) is 65.2 Å². The maximum atomic E-state index is 12.4. The topological polar surface area (TPSA) is 67.4 Å². The van der Waals surface area contributed by atoms with Crippen molar-refractivity contribution in [3.63, 3.8) is 0 Å². The Bertz CT molecular complexity index is 785. The number of para-hydroxylation sites is 1. The summed E-state index contributed by atoms with van der Waals surface area (Å²) >= 11 is 1.69. The Morgan fingerprint density at radius 1 is 1.07 bits per heavy atom. The zero-order chi connectivity index (χ0) is 20.4. The summed E-state index contributed by atoms with van der Waals surface area (Å²) < 4.78 is 29.1. The third-order valence-corrected chi connectivity index (χ3v) is 4.75. The van der Waals surface area contributed by atoms with Crippen LogP contribution in [-0.4, -0.2) is 37.3 Å². The molecule has 0 spiro atoms. The van der Waals surface area contributed by atoms with Crippen LogP contribution in [0, 0.1) is 6.92 Å². The number of alkyl halides is 2. The minimum atomic E-state index is -3.03. The van der Waals surface area contributed by atoms with Crippen molar-refractivity contribution in [2.24, 2.45) is 0 Å². The Kier molecular flexibility index (Phi) is 8.74. The summed E-state index contributed by atoms with van der Waals surface area (Å²) in [5.74, 6) is 0.353. The molecule has 150 valence electrons. The fourth-order valence-corrected chi connectivity index (χ4v) is 3.13. The Labute approximate surface area is 166 Å². The van der Waals surface area contributed by atoms with Crippen LogP contribution in [0.25, 0.3) is 0 Å². The van der Waals surface area contributed by atoms with Crippen molar-refractivity contribution >= 4 is 23.6 Å². The second kappa shape index (κ2) is 11.3. The number of nitrogens with one attached hydrogen (secondary N) is 2. The summed E-state index contributed by atoms with van der Waals surface area (Å²) in [6, 6.07) is 13.9. The molecule has 2 amide bonds. The highest BCUT2D eigenvalue weighted by molar-refractivity contribution is 7.98. The standard InChI is InChI=1S/C20H22F2N2O3S/c1-14-6-8-15(9-7-14)13-28-11-10-23-18(25)12-24-19(26)16-4-2-3-5-17(16)27-20(21)22/h2-9,20H,10-13H2,1H3,(H,23,25)(H,24,26). The number of ether oxygens (including phenoxy) is 1. The number of carbonyl (C=O) groups excluding carboxylic acids is 2. The van der Waals surface area contributed by atoms with E-state index in [1.54, 1.807) is 11.8 Å². The van der Waals surface area contributed by atoms with Gasteiger partial charge in [-0.3, -0.25) is 9.59 Å². The second-order valence-electron chi connectivity index (χ2n) is 5.95. The zero-order valence-electron chi connectivity index (χ0n) is 15.4. The molecule has 0 aliphatic heterocycles. The number of thioether (sulfide) groups is 1. The lowest BCUT2D eigenvalue weighted by atomic mass is 10.2. The van der Waals surface area contributed by atoms with Gasteiger partial charge in [-0.2, -0.15) is 20.5 Å². The predicted molar refractivity (Wildman–Crippen MR) is 106 cm³/mol. The highest BCUT2D eigenvalue weighted by Gasteiger charge is 2.15. The van der Waals surface area contributed by atoms with Crippen LogP contribution in [0.5, 0.6) is 5.75 Å².